The van der Waals surface area contributed by atoms with Crippen LogP contribution in [-0.2, 0) is 0 Å². The summed E-state index contributed by atoms with van der Waals surface area (Å²) in [6.45, 7) is 0. The van der Waals surface area contributed by atoms with E-state index in [0.29, 0.717) is 5.65 Å². The molecule has 8 nitrogen and oxygen atoms in total. The van der Waals surface area contributed by atoms with Crippen LogP contribution in [0.1, 0.15) is 10.4 Å². The molecule has 0 atom stereocenters. The number of aromatic amines is 1. The predicted molar refractivity (Wildman–Crippen MR) is 72.1 cm³/mol. The highest BCUT2D eigenvalue weighted by atomic mass is 35.5. The third-order valence-electron chi connectivity index (χ3n) is 2.67. The van der Waals surface area contributed by atoms with Crippen molar-refractivity contribution in [3.05, 3.63) is 51.7 Å². The smallest absolute Gasteiger partial charge is 0.348 e. The van der Waals surface area contributed by atoms with Crippen molar-refractivity contribution in [1.82, 2.24) is 19.6 Å². The van der Waals surface area contributed by atoms with Crippen molar-refractivity contribution in [3.63, 3.8) is 0 Å². The number of hydrogen-bond donors (Lipinski definition) is 2. The summed E-state index contributed by atoms with van der Waals surface area (Å²) in [7, 11) is 0. The van der Waals surface area contributed by atoms with Gasteiger partial charge in [0.2, 0.25) is 5.88 Å². The number of carboxylic acid groups (broad SMARTS) is 1. The summed E-state index contributed by atoms with van der Waals surface area (Å²) in [6, 6.07) is 5.60. The van der Waals surface area contributed by atoms with E-state index in [1.807, 2.05) is 0 Å². The second-order valence-electron chi connectivity index (χ2n) is 4.03. The van der Waals surface area contributed by atoms with Gasteiger partial charge in [-0.3, -0.25) is 0 Å². The Morgan fingerprint density at radius 3 is 2.95 bits per heavy atom. The van der Waals surface area contributed by atoms with E-state index in [4.69, 9.17) is 21.4 Å². The van der Waals surface area contributed by atoms with E-state index in [9.17, 15) is 9.59 Å². The van der Waals surface area contributed by atoms with E-state index in [1.54, 1.807) is 0 Å². The Balaban J connectivity index is 2.02. The first-order valence-electron chi connectivity index (χ1n) is 5.68. The molecule has 0 bridgehead atoms. The number of fused-ring (bicyclic) bond motifs is 1. The van der Waals surface area contributed by atoms with Gasteiger partial charge in [0, 0.05) is 11.1 Å². The predicted octanol–water partition coefficient (Wildman–Crippen LogP) is 1.56. The van der Waals surface area contributed by atoms with Crippen LogP contribution in [0.5, 0.6) is 11.6 Å². The van der Waals surface area contributed by atoms with Crippen LogP contribution in [0.25, 0.3) is 5.65 Å². The second-order valence-corrected chi connectivity index (χ2v) is 4.47. The summed E-state index contributed by atoms with van der Waals surface area (Å²) in [5, 5.41) is 15.4. The number of nitrogens with one attached hydrogen (secondary N) is 1. The Kier molecular flexibility index (Phi) is 3.07. The van der Waals surface area contributed by atoms with Crippen LogP contribution in [0.2, 0.25) is 5.02 Å². The molecule has 0 saturated heterocycles. The van der Waals surface area contributed by atoms with Gasteiger partial charge < -0.3 is 9.84 Å². The number of H-pyrrole nitrogens is 1. The number of nitrogens with zero attached hydrogens (tertiary/aromatic N) is 3. The Bertz CT molecular complexity index is 902. The maximum atomic E-state index is 11.3. The highest BCUT2D eigenvalue weighted by Gasteiger charge is 2.14. The van der Waals surface area contributed by atoms with Crippen molar-refractivity contribution in [1.29, 1.82) is 0 Å². The SMILES string of the molecule is O=C(O)c1cc(Cl)ccc1Oc1cc2n[nH]c(=O)n2cn1. The first-order valence-corrected chi connectivity index (χ1v) is 6.06. The molecule has 106 valence electrons. The summed E-state index contributed by atoms with van der Waals surface area (Å²) in [5.74, 6) is -0.988. The van der Waals surface area contributed by atoms with Gasteiger partial charge in [-0.1, -0.05) is 11.6 Å². The Morgan fingerprint density at radius 2 is 2.19 bits per heavy atom. The van der Waals surface area contributed by atoms with Gasteiger partial charge in [0.05, 0.1) is 0 Å². The first-order chi connectivity index (χ1) is 10.0. The highest BCUT2D eigenvalue weighted by Crippen LogP contribution is 2.27. The molecule has 3 aromatic rings. The van der Waals surface area contributed by atoms with Crippen LogP contribution in [0.4, 0.5) is 0 Å². The number of rotatable bonds is 3. The van der Waals surface area contributed by atoms with Gasteiger partial charge in [0.1, 0.15) is 17.6 Å². The lowest BCUT2D eigenvalue weighted by molar-refractivity contribution is 0.0694. The number of aromatic nitrogens is 4. The average molecular weight is 307 g/mol. The molecular weight excluding hydrogens is 300 g/mol. The molecule has 2 N–H and O–H groups in total. The first kappa shape index (κ1) is 13.1. The van der Waals surface area contributed by atoms with Crippen molar-refractivity contribution in [2.24, 2.45) is 0 Å². The molecule has 0 aliphatic rings. The van der Waals surface area contributed by atoms with Crippen molar-refractivity contribution in [2.75, 3.05) is 0 Å². The van der Waals surface area contributed by atoms with Gasteiger partial charge in [0.15, 0.2) is 5.65 Å². The zero-order valence-electron chi connectivity index (χ0n) is 10.3. The summed E-state index contributed by atoms with van der Waals surface area (Å²) in [6.07, 6.45) is 1.23. The molecule has 0 aliphatic heterocycles. The molecule has 0 unspecified atom stereocenters. The number of halogens is 1. The van der Waals surface area contributed by atoms with Crippen molar-refractivity contribution in [3.8, 4) is 11.6 Å². The monoisotopic (exact) mass is 306 g/mol. The van der Waals surface area contributed by atoms with Gasteiger partial charge >= 0.3 is 11.7 Å². The third kappa shape index (κ3) is 2.43. The minimum Gasteiger partial charge on any atom is -0.478 e. The van der Waals surface area contributed by atoms with Gasteiger partial charge in [-0.05, 0) is 18.2 Å². The molecule has 0 amide bonds. The molecule has 2 heterocycles. The van der Waals surface area contributed by atoms with Gasteiger partial charge in [0.25, 0.3) is 0 Å². The summed E-state index contributed by atoms with van der Waals surface area (Å²) in [4.78, 5) is 26.4. The molecule has 9 heteroatoms. The number of benzene rings is 1. The van der Waals surface area contributed by atoms with Crippen LogP contribution < -0.4 is 10.4 Å². The number of carboxylic acids is 1. The molecule has 1 aromatic carbocycles. The van der Waals surface area contributed by atoms with Crippen LogP contribution in [0, 0.1) is 0 Å². The van der Waals surface area contributed by atoms with Crippen LogP contribution in [0.15, 0.2) is 35.4 Å². The van der Waals surface area contributed by atoms with Gasteiger partial charge in [-0.2, -0.15) is 5.10 Å². The number of carbonyl (C=O) groups is 1. The van der Waals surface area contributed by atoms with Crippen LogP contribution in [0.3, 0.4) is 0 Å². The lowest BCUT2D eigenvalue weighted by atomic mass is 10.2. The molecule has 0 fully saturated rings. The summed E-state index contributed by atoms with van der Waals surface area (Å²) in [5.41, 5.74) is -0.221. The number of aromatic carboxylic acids is 1. The molecule has 0 radical (unpaired) electrons. The van der Waals surface area contributed by atoms with Gasteiger partial charge in [-0.25, -0.2) is 24.1 Å². The fraction of sp³-hybridized carbons (Fsp3) is 0. The largest absolute Gasteiger partial charge is 0.478 e. The lowest BCUT2D eigenvalue weighted by Gasteiger charge is -2.08. The maximum Gasteiger partial charge on any atom is 0.348 e. The quantitative estimate of drug-likeness (QED) is 0.760. The standard InChI is InChI=1S/C12H7ClN4O4/c13-6-1-2-8(7(3-6)11(18)19)21-10-4-9-15-16-12(20)17(9)5-14-10/h1-5H,(H,16,20)(H,18,19). The fourth-order valence-electron chi connectivity index (χ4n) is 1.72. The zero-order chi connectivity index (χ0) is 15.0. The van der Waals surface area contributed by atoms with Crippen molar-refractivity contribution >= 4 is 23.2 Å². The normalized spacial score (nSPS) is 10.7. The molecule has 0 saturated carbocycles. The molecule has 3 rings (SSSR count). The second kappa shape index (κ2) is 4.91. The van der Waals surface area contributed by atoms with Gasteiger partial charge in [-0.15, -0.1) is 0 Å². The van der Waals surface area contributed by atoms with E-state index in [1.165, 1.54) is 35.0 Å². The van der Waals surface area contributed by atoms with E-state index in [2.05, 4.69) is 15.2 Å². The topological polar surface area (TPSA) is 110 Å². The minimum atomic E-state index is -1.18. The molecule has 2 aromatic heterocycles. The molecule has 0 aliphatic carbocycles. The van der Waals surface area contributed by atoms with E-state index in [0.717, 1.165) is 0 Å². The Labute approximate surface area is 121 Å². The van der Waals surface area contributed by atoms with E-state index >= 15 is 0 Å². The fourth-order valence-corrected chi connectivity index (χ4v) is 1.89. The molecular formula is C12H7ClN4O4. The maximum absolute atomic E-state index is 11.3. The molecule has 0 spiro atoms. The Morgan fingerprint density at radius 1 is 1.38 bits per heavy atom. The highest BCUT2D eigenvalue weighted by molar-refractivity contribution is 6.31. The lowest BCUT2D eigenvalue weighted by Crippen LogP contribution is -2.09. The zero-order valence-corrected chi connectivity index (χ0v) is 11.0. The summed E-state index contributed by atoms with van der Waals surface area (Å²) >= 11 is 5.76. The van der Waals surface area contributed by atoms with E-state index < -0.39 is 11.7 Å². The molecule has 21 heavy (non-hydrogen) atoms. The van der Waals surface area contributed by atoms with Crippen LogP contribution >= 0.6 is 11.6 Å². The minimum absolute atomic E-state index is 0.0848. The van der Waals surface area contributed by atoms with Crippen molar-refractivity contribution < 1.29 is 14.6 Å². The van der Waals surface area contributed by atoms with Crippen molar-refractivity contribution in [2.45, 2.75) is 0 Å². The van der Waals surface area contributed by atoms with Crippen LogP contribution in [-0.4, -0.2) is 30.7 Å². The average Bonchev–Trinajstić information content (AvgIpc) is 2.82. The summed E-state index contributed by atoms with van der Waals surface area (Å²) < 4.78 is 6.61. The Hall–Kier alpha value is -2.87. The van der Waals surface area contributed by atoms with E-state index in [-0.39, 0.29) is 22.2 Å². The third-order valence-corrected chi connectivity index (χ3v) is 2.91. The number of hydrogen-bond acceptors (Lipinski definition) is 5. The number of ether oxygens (including phenoxy) is 1.